The van der Waals surface area contributed by atoms with Gasteiger partial charge in [-0.3, -0.25) is 4.90 Å². The lowest BCUT2D eigenvalue weighted by Gasteiger charge is -2.34. The highest BCUT2D eigenvalue weighted by Gasteiger charge is 2.22. The van der Waals surface area contributed by atoms with Crippen LogP contribution in [0.15, 0.2) is 24.5 Å². The minimum atomic E-state index is 0.287. The highest BCUT2D eigenvalue weighted by molar-refractivity contribution is 6.30. The number of nitrogens with zero attached hydrogens (tertiary/aromatic N) is 3. The van der Waals surface area contributed by atoms with Crippen molar-refractivity contribution in [2.75, 3.05) is 13.1 Å². The summed E-state index contributed by atoms with van der Waals surface area (Å²) >= 11 is 5.98. The van der Waals surface area contributed by atoms with E-state index in [1.165, 1.54) is 0 Å². The highest BCUT2D eigenvalue weighted by atomic mass is 35.5. The Hall–Kier alpha value is -1.10. The summed E-state index contributed by atoms with van der Waals surface area (Å²) in [5.41, 5.74) is 2.01. The van der Waals surface area contributed by atoms with Crippen LogP contribution in [0.3, 0.4) is 0 Å². The molecule has 1 saturated heterocycles. The standard InChI is InChI=1S/C14H18ClN3O/c1-10-5-17(6-11(2)19-10)8-13-9-18-7-12(15)3-4-14(18)16-13/h3-4,7,9-11H,5-6,8H2,1-2H3. The van der Waals surface area contributed by atoms with Crippen molar-refractivity contribution < 1.29 is 4.74 Å². The summed E-state index contributed by atoms with van der Waals surface area (Å²) in [5, 5.41) is 0.727. The molecule has 5 heteroatoms. The van der Waals surface area contributed by atoms with E-state index in [0.29, 0.717) is 0 Å². The van der Waals surface area contributed by atoms with Crippen molar-refractivity contribution in [1.29, 1.82) is 0 Å². The summed E-state index contributed by atoms with van der Waals surface area (Å²) < 4.78 is 7.72. The van der Waals surface area contributed by atoms with Gasteiger partial charge in [0, 0.05) is 32.0 Å². The molecule has 0 bridgehead atoms. The number of morpholine rings is 1. The van der Waals surface area contributed by atoms with Crippen LogP contribution in [0.4, 0.5) is 0 Å². The Bertz CT molecular complexity index is 573. The second-order valence-electron chi connectivity index (χ2n) is 5.30. The molecule has 3 heterocycles. The van der Waals surface area contributed by atoms with Gasteiger partial charge in [-0.15, -0.1) is 0 Å². The molecule has 2 unspecified atom stereocenters. The third kappa shape index (κ3) is 2.91. The van der Waals surface area contributed by atoms with E-state index in [0.717, 1.165) is 36.0 Å². The maximum absolute atomic E-state index is 5.98. The van der Waals surface area contributed by atoms with E-state index in [4.69, 9.17) is 16.3 Å². The van der Waals surface area contributed by atoms with Crippen LogP contribution in [-0.4, -0.2) is 39.6 Å². The van der Waals surface area contributed by atoms with Crippen LogP contribution in [-0.2, 0) is 11.3 Å². The zero-order valence-electron chi connectivity index (χ0n) is 11.2. The van der Waals surface area contributed by atoms with Gasteiger partial charge in [-0.1, -0.05) is 11.6 Å². The molecule has 2 atom stereocenters. The molecule has 19 heavy (non-hydrogen) atoms. The normalized spacial score (nSPS) is 25.0. The van der Waals surface area contributed by atoms with Gasteiger partial charge in [-0.2, -0.15) is 0 Å². The zero-order valence-corrected chi connectivity index (χ0v) is 12.0. The summed E-state index contributed by atoms with van der Waals surface area (Å²) in [6, 6.07) is 3.81. The fourth-order valence-corrected chi connectivity index (χ4v) is 2.90. The monoisotopic (exact) mass is 279 g/mol. The van der Waals surface area contributed by atoms with E-state index >= 15 is 0 Å². The zero-order chi connectivity index (χ0) is 13.4. The number of halogens is 1. The van der Waals surface area contributed by atoms with Crippen molar-refractivity contribution in [2.45, 2.75) is 32.6 Å². The first kappa shape index (κ1) is 12.9. The Morgan fingerprint density at radius 3 is 2.74 bits per heavy atom. The molecular formula is C14H18ClN3O. The molecular weight excluding hydrogens is 262 g/mol. The van der Waals surface area contributed by atoms with E-state index in [9.17, 15) is 0 Å². The number of hydrogen-bond donors (Lipinski definition) is 0. The minimum absolute atomic E-state index is 0.287. The molecule has 0 N–H and O–H groups in total. The molecule has 3 rings (SSSR count). The van der Waals surface area contributed by atoms with Crippen LogP contribution in [0.1, 0.15) is 19.5 Å². The van der Waals surface area contributed by atoms with Gasteiger partial charge in [0.05, 0.1) is 22.9 Å². The van der Waals surface area contributed by atoms with E-state index in [1.807, 2.05) is 28.9 Å². The molecule has 1 aliphatic heterocycles. The lowest BCUT2D eigenvalue weighted by Crippen LogP contribution is -2.44. The quantitative estimate of drug-likeness (QED) is 0.846. The number of fused-ring (bicyclic) bond motifs is 1. The summed E-state index contributed by atoms with van der Waals surface area (Å²) in [4.78, 5) is 7.01. The fourth-order valence-electron chi connectivity index (χ4n) is 2.74. The topological polar surface area (TPSA) is 29.8 Å². The first-order valence-corrected chi connectivity index (χ1v) is 6.99. The molecule has 2 aromatic heterocycles. The van der Waals surface area contributed by atoms with Crippen LogP contribution in [0, 0.1) is 0 Å². The third-order valence-corrected chi connectivity index (χ3v) is 3.57. The second-order valence-corrected chi connectivity index (χ2v) is 5.73. The molecule has 1 fully saturated rings. The van der Waals surface area contributed by atoms with Crippen molar-refractivity contribution in [2.24, 2.45) is 0 Å². The number of imidazole rings is 1. The largest absolute Gasteiger partial charge is 0.373 e. The first-order chi connectivity index (χ1) is 9.10. The van der Waals surface area contributed by atoms with E-state index in [2.05, 4.69) is 23.7 Å². The molecule has 1 aliphatic rings. The summed E-state index contributed by atoms with van der Waals surface area (Å²) in [6.45, 7) is 7.01. The molecule has 2 aromatic rings. The summed E-state index contributed by atoms with van der Waals surface area (Å²) in [7, 11) is 0. The Labute approximate surface area is 117 Å². The number of pyridine rings is 1. The second kappa shape index (κ2) is 5.12. The maximum Gasteiger partial charge on any atom is 0.137 e. The Morgan fingerprint density at radius 2 is 2.00 bits per heavy atom. The number of hydrogen-bond acceptors (Lipinski definition) is 3. The lowest BCUT2D eigenvalue weighted by molar-refractivity contribution is -0.0707. The Kier molecular flexibility index (Phi) is 3.48. The highest BCUT2D eigenvalue weighted by Crippen LogP contribution is 2.16. The van der Waals surface area contributed by atoms with Crippen molar-refractivity contribution in [3.8, 4) is 0 Å². The average molecular weight is 280 g/mol. The molecule has 0 radical (unpaired) electrons. The molecule has 0 aliphatic carbocycles. The van der Waals surface area contributed by atoms with E-state index in [1.54, 1.807) is 0 Å². The Balaban J connectivity index is 1.77. The van der Waals surface area contributed by atoms with Crippen molar-refractivity contribution in [3.05, 3.63) is 35.2 Å². The smallest absolute Gasteiger partial charge is 0.137 e. The van der Waals surface area contributed by atoms with Crippen LogP contribution >= 0.6 is 11.6 Å². The van der Waals surface area contributed by atoms with Gasteiger partial charge in [0.2, 0.25) is 0 Å². The predicted molar refractivity (Wildman–Crippen MR) is 75.5 cm³/mol. The molecule has 102 valence electrons. The molecule has 4 nitrogen and oxygen atoms in total. The van der Waals surface area contributed by atoms with Gasteiger partial charge < -0.3 is 9.14 Å². The number of aromatic nitrogens is 2. The van der Waals surface area contributed by atoms with Crippen molar-refractivity contribution >= 4 is 17.2 Å². The average Bonchev–Trinajstić information content (AvgIpc) is 2.68. The van der Waals surface area contributed by atoms with Gasteiger partial charge >= 0.3 is 0 Å². The lowest BCUT2D eigenvalue weighted by atomic mass is 10.2. The van der Waals surface area contributed by atoms with Gasteiger partial charge in [0.25, 0.3) is 0 Å². The van der Waals surface area contributed by atoms with Crippen LogP contribution in [0.25, 0.3) is 5.65 Å². The predicted octanol–water partition coefficient (Wildman–Crippen LogP) is 2.60. The van der Waals surface area contributed by atoms with Gasteiger partial charge in [-0.05, 0) is 26.0 Å². The Morgan fingerprint density at radius 1 is 1.26 bits per heavy atom. The molecule has 0 saturated carbocycles. The summed E-state index contributed by atoms with van der Waals surface area (Å²) in [5.74, 6) is 0. The maximum atomic E-state index is 5.98. The van der Waals surface area contributed by atoms with E-state index in [-0.39, 0.29) is 12.2 Å². The number of ether oxygens (including phenoxy) is 1. The summed E-state index contributed by atoms with van der Waals surface area (Å²) in [6.07, 6.45) is 4.51. The minimum Gasteiger partial charge on any atom is -0.373 e. The third-order valence-electron chi connectivity index (χ3n) is 3.35. The van der Waals surface area contributed by atoms with Crippen LogP contribution < -0.4 is 0 Å². The van der Waals surface area contributed by atoms with Crippen LogP contribution in [0.2, 0.25) is 5.02 Å². The molecule has 0 spiro atoms. The fraction of sp³-hybridized carbons (Fsp3) is 0.500. The molecule has 0 amide bonds. The van der Waals surface area contributed by atoms with Crippen LogP contribution in [0.5, 0.6) is 0 Å². The first-order valence-electron chi connectivity index (χ1n) is 6.61. The van der Waals surface area contributed by atoms with Crippen molar-refractivity contribution in [1.82, 2.24) is 14.3 Å². The van der Waals surface area contributed by atoms with E-state index < -0.39 is 0 Å². The van der Waals surface area contributed by atoms with Gasteiger partial charge in [-0.25, -0.2) is 4.98 Å². The van der Waals surface area contributed by atoms with Gasteiger partial charge in [0.15, 0.2) is 0 Å². The van der Waals surface area contributed by atoms with Crippen molar-refractivity contribution in [3.63, 3.8) is 0 Å². The molecule has 0 aromatic carbocycles. The number of rotatable bonds is 2. The van der Waals surface area contributed by atoms with Gasteiger partial charge in [0.1, 0.15) is 5.65 Å². The SMILES string of the molecule is CC1CN(Cc2cn3cc(Cl)ccc3n2)CC(C)O1.